The van der Waals surface area contributed by atoms with Gasteiger partial charge in [0.2, 0.25) is 0 Å². The van der Waals surface area contributed by atoms with E-state index >= 15 is 0 Å². The first-order valence-electron chi connectivity index (χ1n) is 7.23. The lowest BCUT2D eigenvalue weighted by atomic mass is 10.2. The van der Waals surface area contributed by atoms with Gasteiger partial charge >= 0.3 is 0 Å². The molecule has 0 saturated carbocycles. The first-order valence-corrected chi connectivity index (χ1v) is 8.11. The van der Waals surface area contributed by atoms with Crippen molar-refractivity contribution in [2.45, 2.75) is 0 Å². The third kappa shape index (κ3) is 2.72. The van der Waals surface area contributed by atoms with Gasteiger partial charge in [0.05, 0.1) is 16.1 Å². The summed E-state index contributed by atoms with van der Waals surface area (Å²) < 4.78 is 27.1. The zero-order valence-electron chi connectivity index (χ0n) is 12.3. The van der Waals surface area contributed by atoms with Gasteiger partial charge in [-0.1, -0.05) is 18.2 Å². The topological polar surface area (TPSA) is 37.8 Å². The van der Waals surface area contributed by atoms with Gasteiger partial charge in [-0.05, 0) is 35.7 Å². The first-order chi connectivity index (χ1) is 11.7. The van der Waals surface area contributed by atoms with Crippen molar-refractivity contribution < 1.29 is 8.78 Å². The van der Waals surface area contributed by atoms with Gasteiger partial charge in [0.15, 0.2) is 5.82 Å². The van der Waals surface area contributed by atoms with Crippen molar-refractivity contribution >= 4 is 33.7 Å². The van der Waals surface area contributed by atoms with E-state index in [1.807, 2.05) is 41.8 Å². The van der Waals surface area contributed by atoms with E-state index in [2.05, 4.69) is 15.3 Å². The summed E-state index contributed by atoms with van der Waals surface area (Å²) in [5, 5.41) is 5.67. The number of anilines is 2. The molecule has 0 amide bonds. The largest absolute Gasteiger partial charge is 0.337 e. The van der Waals surface area contributed by atoms with Crippen LogP contribution in [0.25, 0.3) is 21.6 Å². The highest BCUT2D eigenvalue weighted by atomic mass is 32.1. The van der Waals surface area contributed by atoms with Crippen molar-refractivity contribution in [2.24, 2.45) is 0 Å². The highest BCUT2D eigenvalue weighted by Crippen LogP contribution is 2.29. The third-order valence-corrected chi connectivity index (χ3v) is 4.39. The minimum atomic E-state index is -0.671. The Morgan fingerprint density at radius 3 is 2.58 bits per heavy atom. The van der Waals surface area contributed by atoms with E-state index in [9.17, 15) is 8.78 Å². The van der Waals surface area contributed by atoms with Gasteiger partial charge in [-0.15, -0.1) is 11.3 Å². The molecule has 0 aliphatic carbocycles. The van der Waals surface area contributed by atoms with E-state index in [1.165, 1.54) is 23.5 Å². The van der Waals surface area contributed by atoms with E-state index in [-0.39, 0.29) is 5.69 Å². The molecule has 0 bridgehead atoms. The summed E-state index contributed by atoms with van der Waals surface area (Å²) in [6.45, 7) is 0. The summed E-state index contributed by atoms with van der Waals surface area (Å²) in [4.78, 5) is 10.0. The van der Waals surface area contributed by atoms with Crippen molar-refractivity contribution in [1.29, 1.82) is 0 Å². The predicted molar refractivity (Wildman–Crippen MR) is 92.5 cm³/mol. The standard InChI is InChI=1S/C18H11F2N3S/c19-11-7-8-15(13(20)10-11)22-17-12-4-1-2-5-14(12)21-18(23-17)16-6-3-9-24-16/h1-10H,(H,21,22,23). The van der Waals surface area contributed by atoms with Crippen LogP contribution in [-0.4, -0.2) is 9.97 Å². The average Bonchev–Trinajstić information content (AvgIpc) is 3.12. The highest BCUT2D eigenvalue weighted by molar-refractivity contribution is 7.13. The molecule has 3 nitrogen and oxygen atoms in total. The smallest absolute Gasteiger partial charge is 0.172 e. The van der Waals surface area contributed by atoms with Crippen molar-refractivity contribution in [3.63, 3.8) is 0 Å². The summed E-state index contributed by atoms with van der Waals surface area (Å²) in [7, 11) is 0. The number of aromatic nitrogens is 2. The molecule has 118 valence electrons. The Hall–Kier alpha value is -2.86. The molecule has 4 rings (SSSR count). The fourth-order valence-corrected chi connectivity index (χ4v) is 3.06. The molecule has 0 aliphatic rings. The van der Waals surface area contributed by atoms with Crippen LogP contribution in [0.1, 0.15) is 0 Å². The monoisotopic (exact) mass is 339 g/mol. The second-order valence-electron chi connectivity index (χ2n) is 5.14. The van der Waals surface area contributed by atoms with E-state index in [0.29, 0.717) is 11.6 Å². The number of para-hydroxylation sites is 1. The van der Waals surface area contributed by atoms with Gasteiger partial charge in [0.1, 0.15) is 17.5 Å². The molecule has 2 aromatic heterocycles. The summed E-state index contributed by atoms with van der Waals surface area (Å²) in [5.74, 6) is -0.247. The molecule has 2 heterocycles. The van der Waals surface area contributed by atoms with Gasteiger partial charge in [-0.2, -0.15) is 0 Å². The third-order valence-electron chi connectivity index (χ3n) is 3.53. The molecule has 0 radical (unpaired) electrons. The lowest BCUT2D eigenvalue weighted by Crippen LogP contribution is -2.00. The van der Waals surface area contributed by atoms with Crippen molar-refractivity contribution in [1.82, 2.24) is 9.97 Å². The Morgan fingerprint density at radius 2 is 1.79 bits per heavy atom. The number of halogens is 2. The molecule has 4 aromatic rings. The number of rotatable bonds is 3. The van der Waals surface area contributed by atoms with E-state index in [1.54, 1.807) is 0 Å². The molecule has 0 saturated heterocycles. The molecule has 2 aromatic carbocycles. The fraction of sp³-hybridized carbons (Fsp3) is 0. The Balaban J connectivity index is 1.86. The molecule has 0 fully saturated rings. The molecule has 6 heteroatoms. The van der Waals surface area contributed by atoms with Crippen molar-refractivity contribution in [3.05, 3.63) is 71.6 Å². The summed E-state index contributed by atoms with van der Waals surface area (Å²) in [5.41, 5.74) is 0.915. The first kappa shape index (κ1) is 14.7. The SMILES string of the molecule is Fc1ccc(Nc2nc(-c3cccs3)nc3ccccc23)c(F)c1. The second kappa shape index (κ2) is 5.98. The Kier molecular flexibility index (Phi) is 3.66. The number of thiophene rings is 1. The lowest BCUT2D eigenvalue weighted by Gasteiger charge is -2.11. The van der Waals surface area contributed by atoms with Crippen LogP contribution in [-0.2, 0) is 0 Å². The normalized spacial score (nSPS) is 10.9. The Morgan fingerprint density at radius 1 is 0.917 bits per heavy atom. The number of hydrogen-bond acceptors (Lipinski definition) is 4. The van der Waals surface area contributed by atoms with Gasteiger partial charge in [-0.3, -0.25) is 0 Å². The van der Waals surface area contributed by atoms with Gasteiger partial charge in [0.25, 0.3) is 0 Å². The molecule has 0 aliphatic heterocycles. The molecular formula is C18H11F2N3S. The van der Waals surface area contributed by atoms with Crippen molar-refractivity contribution in [2.75, 3.05) is 5.32 Å². The molecule has 0 spiro atoms. The van der Waals surface area contributed by atoms with Crippen LogP contribution in [0.3, 0.4) is 0 Å². The Labute approximate surface area is 140 Å². The molecule has 1 N–H and O–H groups in total. The maximum Gasteiger partial charge on any atom is 0.172 e. The van der Waals surface area contributed by atoms with E-state index in [0.717, 1.165) is 21.8 Å². The van der Waals surface area contributed by atoms with E-state index in [4.69, 9.17) is 0 Å². The number of fused-ring (bicyclic) bond motifs is 1. The summed E-state index contributed by atoms with van der Waals surface area (Å²) in [6.07, 6.45) is 0. The molecule has 0 atom stereocenters. The Bertz CT molecular complexity index is 1020. The fourth-order valence-electron chi connectivity index (χ4n) is 2.41. The minimum absolute atomic E-state index is 0.164. The van der Waals surface area contributed by atoms with Gasteiger partial charge < -0.3 is 5.32 Å². The number of nitrogens with zero attached hydrogens (tertiary/aromatic N) is 2. The van der Waals surface area contributed by atoms with Crippen LogP contribution in [0.5, 0.6) is 0 Å². The average molecular weight is 339 g/mol. The maximum atomic E-state index is 14.0. The number of benzene rings is 2. The number of nitrogens with one attached hydrogen (secondary N) is 1. The highest BCUT2D eigenvalue weighted by Gasteiger charge is 2.12. The van der Waals surface area contributed by atoms with E-state index < -0.39 is 11.6 Å². The van der Waals surface area contributed by atoms with Crippen LogP contribution in [0.4, 0.5) is 20.3 Å². The maximum absolute atomic E-state index is 14.0. The molecular weight excluding hydrogens is 328 g/mol. The minimum Gasteiger partial charge on any atom is -0.337 e. The van der Waals surface area contributed by atoms with Crippen LogP contribution in [0.15, 0.2) is 60.0 Å². The van der Waals surface area contributed by atoms with Crippen LogP contribution in [0, 0.1) is 11.6 Å². The predicted octanol–water partition coefficient (Wildman–Crippen LogP) is 5.38. The zero-order valence-corrected chi connectivity index (χ0v) is 13.1. The number of hydrogen-bond donors (Lipinski definition) is 1. The molecule has 0 unspecified atom stereocenters. The molecule has 24 heavy (non-hydrogen) atoms. The van der Waals surface area contributed by atoms with Crippen LogP contribution >= 0.6 is 11.3 Å². The second-order valence-corrected chi connectivity index (χ2v) is 6.09. The summed E-state index contributed by atoms with van der Waals surface area (Å²) in [6, 6.07) is 14.7. The van der Waals surface area contributed by atoms with Gasteiger partial charge in [-0.25, -0.2) is 18.7 Å². The quantitative estimate of drug-likeness (QED) is 0.544. The van der Waals surface area contributed by atoms with Crippen LogP contribution in [0.2, 0.25) is 0 Å². The van der Waals surface area contributed by atoms with Crippen LogP contribution < -0.4 is 5.32 Å². The lowest BCUT2D eigenvalue weighted by molar-refractivity contribution is 0.586. The zero-order chi connectivity index (χ0) is 16.5. The van der Waals surface area contributed by atoms with Crippen molar-refractivity contribution in [3.8, 4) is 10.7 Å². The van der Waals surface area contributed by atoms with Gasteiger partial charge in [0, 0.05) is 11.5 Å². The summed E-state index contributed by atoms with van der Waals surface area (Å²) >= 11 is 1.53.